The van der Waals surface area contributed by atoms with Crippen molar-refractivity contribution in [2.24, 2.45) is 0 Å². The van der Waals surface area contributed by atoms with Gasteiger partial charge < -0.3 is 10.2 Å². The third-order valence-corrected chi connectivity index (χ3v) is 5.01. The van der Waals surface area contributed by atoms with Crippen molar-refractivity contribution in [2.45, 2.75) is 33.7 Å². The number of nitrogens with zero attached hydrogens (tertiary/aromatic N) is 3. The molecule has 0 aliphatic heterocycles. The van der Waals surface area contributed by atoms with Crippen LogP contribution in [-0.2, 0) is 9.59 Å². The SMILES string of the molecule is Cc1nc(NC(=O)CN(C(=O)/C=C/c2ccc([N+](=O)[O-])cc2)C(C)C)sc1C. The van der Waals surface area contributed by atoms with Gasteiger partial charge >= 0.3 is 0 Å². The van der Waals surface area contributed by atoms with Gasteiger partial charge in [-0.25, -0.2) is 4.98 Å². The van der Waals surface area contributed by atoms with Gasteiger partial charge in [0.2, 0.25) is 11.8 Å². The van der Waals surface area contributed by atoms with Crippen molar-refractivity contribution < 1.29 is 14.5 Å². The fourth-order valence-electron chi connectivity index (χ4n) is 2.33. The zero-order valence-corrected chi connectivity index (χ0v) is 16.9. The van der Waals surface area contributed by atoms with Crippen molar-refractivity contribution >= 4 is 40.0 Å². The minimum atomic E-state index is -0.483. The van der Waals surface area contributed by atoms with E-state index in [0.29, 0.717) is 10.7 Å². The quantitative estimate of drug-likeness (QED) is 0.433. The van der Waals surface area contributed by atoms with E-state index in [9.17, 15) is 19.7 Å². The Morgan fingerprint density at radius 3 is 2.43 bits per heavy atom. The highest BCUT2D eigenvalue weighted by atomic mass is 32.1. The summed E-state index contributed by atoms with van der Waals surface area (Å²) in [5.41, 5.74) is 1.50. The summed E-state index contributed by atoms with van der Waals surface area (Å²) in [5, 5.41) is 13.9. The van der Waals surface area contributed by atoms with Gasteiger partial charge in [0.15, 0.2) is 5.13 Å². The van der Waals surface area contributed by atoms with E-state index in [1.807, 2.05) is 27.7 Å². The van der Waals surface area contributed by atoms with Crippen molar-refractivity contribution in [2.75, 3.05) is 11.9 Å². The zero-order chi connectivity index (χ0) is 20.8. The van der Waals surface area contributed by atoms with Gasteiger partial charge in [-0.05, 0) is 51.5 Å². The smallest absolute Gasteiger partial charge is 0.269 e. The molecule has 9 heteroatoms. The number of aryl methyl sites for hydroxylation is 2. The van der Waals surface area contributed by atoms with E-state index in [0.717, 1.165) is 10.6 Å². The van der Waals surface area contributed by atoms with E-state index < -0.39 is 4.92 Å². The summed E-state index contributed by atoms with van der Waals surface area (Å²) in [7, 11) is 0. The number of benzene rings is 1. The van der Waals surface area contributed by atoms with Crippen LogP contribution in [-0.4, -0.2) is 39.2 Å². The minimum absolute atomic E-state index is 0.0170. The maximum Gasteiger partial charge on any atom is 0.269 e. The van der Waals surface area contributed by atoms with Crippen LogP contribution < -0.4 is 5.32 Å². The van der Waals surface area contributed by atoms with Gasteiger partial charge in [-0.15, -0.1) is 11.3 Å². The molecule has 8 nitrogen and oxygen atoms in total. The number of thiazole rings is 1. The number of nitro groups is 1. The Bertz CT molecular complexity index is 884. The van der Waals surface area contributed by atoms with Gasteiger partial charge in [0.05, 0.1) is 10.6 Å². The van der Waals surface area contributed by atoms with Crippen LogP contribution in [0, 0.1) is 24.0 Å². The Morgan fingerprint density at radius 2 is 1.93 bits per heavy atom. The second-order valence-electron chi connectivity index (χ2n) is 6.45. The summed E-state index contributed by atoms with van der Waals surface area (Å²) in [6.07, 6.45) is 2.92. The molecule has 0 atom stereocenters. The number of carbonyl (C=O) groups excluding carboxylic acids is 2. The van der Waals surface area contributed by atoms with Crippen LogP contribution in [0.25, 0.3) is 6.08 Å². The molecule has 0 fully saturated rings. The number of amides is 2. The monoisotopic (exact) mass is 402 g/mol. The van der Waals surface area contributed by atoms with Crippen LogP contribution in [0.1, 0.15) is 30.0 Å². The fraction of sp³-hybridized carbons (Fsp3) is 0.316. The third-order valence-electron chi connectivity index (χ3n) is 4.02. The average Bonchev–Trinajstić information content (AvgIpc) is 2.94. The normalized spacial score (nSPS) is 11.0. The molecule has 0 unspecified atom stereocenters. The first kappa shape index (κ1) is 21.2. The Kier molecular flexibility index (Phi) is 7.00. The van der Waals surface area contributed by atoms with E-state index in [1.54, 1.807) is 18.2 Å². The first-order valence-corrected chi connectivity index (χ1v) is 9.46. The third kappa shape index (κ3) is 5.71. The van der Waals surface area contributed by atoms with E-state index in [1.165, 1.54) is 34.4 Å². The van der Waals surface area contributed by atoms with Crippen molar-refractivity contribution in [3.63, 3.8) is 0 Å². The molecule has 0 saturated heterocycles. The molecule has 28 heavy (non-hydrogen) atoms. The second-order valence-corrected chi connectivity index (χ2v) is 7.65. The van der Waals surface area contributed by atoms with Crippen molar-refractivity contribution in [1.29, 1.82) is 0 Å². The number of hydrogen-bond donors (Lipinski definition) is 1. The lowest BCUT2D eigenvalue weighted by atomic mass is 10.2. The summed E-state index contributed by atoms with van der Waals surface area (Å²) < 4.78 is 0. The number of nitrogens with one attached hydrogen (secondary N) is 1. The van der Waals surface area contributed by atoms with Gasteiger partial charge in [-0.1, -0.05) is 0 Å². The van der Waals surface area contributed by atoms with Crippen LogP contribution in [0.15, 0.2) is 30.3 Å². The Labute approximate surface area is 167 Å². The predicted molar refractivity (Wildman–Crippen MR) is 109 cm³/mol. The molecule has 0 aliphatic rings. The van der Waals surface area contributed by atoms with Crippen molar-refractivity contribution in [3.8, 4) is 0 Å². The Hall–Kier alpha value is -3.07. The summed E-state index contributed by atoms with van der Waals surface area (Å²) in [6, 6.07) is 5.67. The van der Waals surface area contributed by atoms with E-state index in [4.69, 9.17) is 0 Å². The molecular weight excluding hydrogens is 380 g/mol. The first-order chi connectivity index (χ1) is 13.2. The van der Waals surface area contributed by atoms with Gasteiger partial charge in [0.25, 0.3) is 5.69 Å². The van der Waals surface area contributed by atoms with Gasteiger partial charge in [-0.3, -0.25) is 19.7 Å². The lowest BCUT2D eigenvalue weighted by molar-refractivity contribution is -0.384. The largest absolute Gasteiger partial charge is 0.327 e. The molecule has 0 radical (unpaired) electrons. The number of non-ortho nitro benzene ring substituents is 1. The zero-order valence-electron chi connectivity index (χ0n) is 16.1. The maximum absolute atomic E-state index is 12.5. The fourth-order valence-corrected chi connectivity index (χ4v) is 3.16. The number of hydrogen-bond acceptors (Lipinski definition) is 6. The van der Waals surface area contributed by atoms with Crippen molar-refractivity contribution in [1.82, 2.24) is 9.88 Å². The Balaban J connectivity index is 2.02. The molecule has 0 saturated carbocycles. The number of rotatable bonds is 7. The summed E-state index contributed by atoms with van der Waals surface area (Å²) in [4.78, 5) is 41.7. The lowest BCUT2D eigenvalue weighted by Crippen LogP contribution is -2.41. The summed E-state index contributed by atoms with van der Waals surface area (Å²) in [5.74, 6) is -0.644. The molecule has 2 aromatic rings. The van der Waals surface area contributed by atoms with Crippen molar-refractivity contribution in [3.05, 3.63) is 56.6 Å². The second kappa shape index (κ2) is 9.23. The topological polar surface area (TPSA) is 105 Å². The van der Waals surface area contributed by atoms with Crippen LogP contribution in [0.4, 0.5) is 10.8 Å². The molecule has 2 rings (SSSR count). The molecule has 0 aliphatic carbocycles. The summed E-state index contributed by atoms with van der Waals surface area (Å²) >= 11 is 1.39. The standard InChI is InChI=1S/C19H22N4O4S/c1-12(2)22(11-17(24)21-19-20-13(3)14(4)28-19)18(25)10-7-15-5-8-16(9-6-15)23(26)27/h5-10,12H,11H2,1-4H3,(H,20,21,24)/b10-7+. The van der Waals surface area contributed by atoms with Crippen LogP contribution >= 0.6 is 11.3 Å². The van der Waals surface area contributed by atoms with Crippen LogP contribution in [0.5, 0.6) is 0 Å². The number of carbonyl (C=O) groups is 2. The molecule has 1 N–H and O–H groups in total. The molecule has 1 aromatic heterocycles. The number of nitro benzene ring substituents is 1. The number of anilines is 1. The van der Waals surface area contributed by atoms with Crippen LogP contribution in [0.2, 0.25) is 0 Å². The minimum Gasteiger partial charge on any atom is -0.327 e. The lowest BCUT2D eigenvalue weighted by Gasteiger charge is -2.24. The molecule has 148 valence electrons. The van der Waals surface area contributed by atoms with Gasteiger partial charge in [0, 0.05) is 29.1 Å². The summed E-state index contributed by atoms with van der Waals surface area (Å²) in [6.45, 7) is 7.34. The molecule has 2 amide bonds. The predicted octanol–water partition coefficient (Wildman–Crippen LogP) is 3.56. The van der Waals surface area contributed by atoms with Gasteiger partial charge in [0.1, 0.15) is 6.54 Å². The van der Waals surface area contributed by atoms with Gasteiger partial charge in [-0.2, -0.15) is 0 Å². The molecule has 1 aromatic carbocycles. The highest BCUT2D eigenvalue weighted by Crippen LogP contribution is 2.21. The van der Waals surface area contributed by atoms with E-state index >= 15 is 0 Å². The van der Waals surface area contributed by atoms with Crippen LogP contribution in [0.3, 0.4) is 0 Å². The maximum atomic E-state index is 12.5. The molecular formula is C19H22N4O4S. The molecule has 0 spiro atoms. The van der Waals surface area contributed by atoms with E-state index in [2.05, 4.69) is 10.3 Å². The highest BCUT2D eigenvalue weighted by molar-refractivity contribution is 7.15. The van der Waals surface area contributed by atoms with E-state index in [-0.39, 0.29) is 30.1 Å². The Morgan fingerprint density at radius 1 is 1.29 bits per heavy atom. The molecule has 0 bridgehead atoms. The molecule has 1 heterocycles. The highest BCUT2D eigenvalue weighted by Gasteiger charge is 2.19. The number of aromatic nitrogens is 1. The first-order valence-electron chi connectivity index (χ1n) is 8.64. The average molecular weight is 402 g/mol.